The fourth-order valence-corrected chi connectivity index (χ4v) is 2.42. The molecule has 0 unspecified atom stereocenters. The summed E-state index contributed by atoms with van der Waals surface area (Å²) in [7, 11) is 4.86. The molecule has 2 amide bonds. The Balaban J connectivity index is 1.97. The van der Waals surface area contributed by atoms with E-state index in [0.717, 1.165) is 24.8 Å². The number of hydrogen-bond donors (Lipinski definition) is 2. The molecule has 0 radical (unpaired) electrons. The SMILES string of the molecule is COCCCNC(=O)NC1(c2ccc(OC)c(OC)c2)CC1. The van der Waals surface area contributed by atoms with Crippen LogP contribution in [-0.4, -0.2) is 40.5 Å². The van der Waals surface area contributed by atoms with E-state index in [0.29, 0.717) is 24.7 Å². The summed E-state index contributed by atoms with van der Waals surface area (Å²) in [4.78, 5) is 12.0. The number of nitrogens with one attached hydrogen (secondary N) is 2. The second-order valence-electron chi connectivity index (χ2n) is 5.38. The first-order chi connectivity index (χ1) is 10.6. The summed E-state index contributed by atoms with van der Waals surface area (Å²) in [6, 6.07) is 5.62. The van der Waals surface area contributed by atoms with E-state index in [-0.39, 0.29) is 11.6 Å². The normalized spacial score (nSPS) is 15.0. The molecule has 2 N–H and O–H groups in total. The van der Waals surface area contributed by atoms with Crippen molar-refractivity contribution in [1.29, 1.82) is 0 Å². The van der Waals surface area contributed by atoms with Crippen LogP contribution in [0.4, 0.5) is 4.79 Å². The lowest BCUT2D eigenvalue weighted by molar-refractivity contribution is 0.193. The van der Waals surface area contributed by atoms with Crippen LogP contribution < -0.4 is 20.1 Å². The highest BCUT2D eigenvalue weighted by Gasteiger charge is 2.46. The van der Waals surface area contributed by atoms with Crippen molar-refractivity contribution in [1.82, 2.24) is 10.6 Å². The summed E-state index contributed by atoms with van der Waals surface area (Å²) < 4.78 is 15.5. The van der Waals surface area contributed by atoms with Crippen LogP contribution in [-0.2, 0) is 10.3 Å². The molecule has 0 aliphatic heterocycles. The molecule has 1 aromatic rings. The largest absolute Gasteiger partial charge is 0.493 e. The summed E-state index contributed by atoms with van der Waals surface area (Å²) in [5, 5.41) is 5.91. The fourth-order valence-electron chi connectivity index (χ4n) is 2.42. The van der Waals surface area contributed by atoms with E-state index in [2.05, 4.69) is 10.6 Å². The van der Waals surface area contributed by atoms with Crippen molar-refractivity contribution in [2.24, 2.45) is 0 Å². The molecule has 1 aliphatic rings. The zero-order valence-corrected chi connectivity index (χ0v) is 13.4. The molecule has 6 nitrogen and oxygen atoms in total. The van der Waals surface area contributed by atoms with E-state index in [1.54, 1.807) is 21.3 Å². The minimum Gasteiger partial charge on any atom is -0.493 e. The quantitative estimate of drug-likeness (QED) is 0.721. The lowest BCUT2D eigenvalue weighted by Gasteiger charge is -2.20. The van der Waals surface area contributed by atoms with Crippen LogP contribution in [0.5, 0.6) is 11.5 Å². The molecule has 2 rings (SSSR count). The van der Waals surface area contributed by atoms with Crippen molar-refractivity contribution >= 4 is 6.03 Å². The highest BCUT2D eigenvalue weighted by atomic mass is 16.5. The molecular weight excluding hydrogens is 284 g/mol. The number of hydrogen-bond acceptors (Lipinski definition) is 4. The van der Waals surface area contributed by atoms with E-state index in [1.807, 2.05) is 18.2 Å². The van der Waals surface area contributed by atoms with Crippen molar-refractivity contribution in [3.63, 3.8) is 0 Å². The molecule has 1 saturated carbocycles. The monoisotopic (exact) mass is 308 g/mol. The molecule has 0 aromatic heterocycles. The summed E-state index contributed by atoms with van der Waals surface area (Å²) in [5.74, 6) is 1.36. The average molecular weight is 308 g/mol. The Morgan fingerprint density at radius 3 is 2.50 bits per heavy atom. The minimum absolute atomic E-state index is 0.150. The first kappa shape index (κ1) is 16.4. The minimum atomic E-state index is -0.287. The van der Waals surface area contributed by atoms with Gasteiger partial charge in [-0.3, -0.25) is 0 Å². The fraction of sp³-hybridized carbons (Fsp3) is 0.562. The number of urea groups is 1. The summed E-state index contributed by atoms with van der Waals surface area (Å²) >= 11 is 0. The van der Waals surface area contributed by atoms with Crippen LogP contribution >= 0.6 is 0 Å². The third-order valence-corrected chi connectivity index (χ3v) is 3.85. The van der Waals surface area contributed by atoms with Crippen LogP contribution in [0.2, 0.25) is 0 Å². The topological polar surface area (TPSA) is 68.8 Å². The van der Waals surface area contributed by atoms with E-state index in [9.17, 15) is 4.79 Å². The molecule has 0 atom stereocenters. The number of benzene rings is 1. The number of carbonyl (C=O) groups excluding carboxylic acids is 1. The highest BCUT2D eigenvalue weighted by molar-refractivity contribution is 5.75. The van der Waals surface area contributed by atoms with Gasteiger partial charge in [-0.25, -0.2) is 4.79 Å². The molecule has 122 valence electrons. The van der Waals surface area contributed by atoms with Gasteiger partial charge >= 0.3 is 6.03 Å². The zero-order chi connectivity index (χ0) is 16.0. The van der Waals surface area contributed by atoms with Crippen LogP contribution in [0.15, 0.2) is 18.2 Å². The van der Waals surface area contributed by atoms with Gasteiger partial charge in [0.25, 0.3) is 0 Å². The van der Waals surface area contributed by atoms with E-state index in [1.165, 1.54) is 0 Å². The first-order valence-electron chi connectivity index (χ1n) is 7.42. The van der Waals surface area contributed by atoms with Gasteiger partial charge in [-0.2, -0.15) is 0 Å². The van der Waals surface area contributed by atoms with Crippen molar-refractivity contribution in [3.8, 4) is 11.5 Å². The summed E-state index contributed by atoms with van der Waals surface area (Å²) in [6.07, 6.45) is 2.65. The van der Waals surface area contributed by atoms with Crippen molar-refractivity contribution in [2.75, 3.05) is 34.5 Å². The molecule has 1 aromatic carbocycles. The van der Waals surface area contributed by atoms with Gasteiger partial charge in [-0.1, -0.05) is 6.07 Å². The molecule has 1 fully saturated rings. The number of carbonyl (C=O) groups is 1. The molecule has 22 heavy (non-hydrogen) atoms. The highest BCUT2D eigenvalue weighted by Crippen LogP contribution is 2.47. The summed E-state index contributed by atoms with van der Waals surface area (Å²) in [5.41, 5.74) is 0.752. The van der Waals surface area contributed by atoms with Gasteiger partial charge in [-0.15, -0.1) is 0 Å². The second-order valence-corrected chi connectivity index (χ2v) is 5.38. The van der Waals surface area contributed by atoms with Gasteiger partial charge < -0.3 is 24.8 Å². The van der Waals surface area contributed by atoms with Crippen LogP contribution in [0.1, 0.15) is 24.8 Å². The van der Waals surface area contributed by atoms with Crippen molar-refractivity contribution < 1.29 is 19.0 Å². The second kappa shape index (κ2) is 7.35. The summed E-state index contributed by atoms with van der Waals surface area (Å²) in [6.45, 7) is 1.24. The lowest BCUT2D eigenvalue weighted by Crippen LogP contribution is -2.42. The third kappa shape index (κ3) is 3.82. The number of amides is 2. The van der Waals surface area contributed by atoms with Gasteiger partial charge in [-0.05, 0) is 37.0 Å². The van der Waals surface area contributed by atoms with Crippen LogP contribution in [0.3, 0.4) is 0 Å². The van der Waals surface area contributed by atoms with Crippen molar-refractivity contribution in [2.45, 2.75) is 24.8 Å². The maximum absolute atomic E-state index is 12.0. The predicted molar refractivity (Wildman–Crippen MR) is 83.5 cm³/mol. The molecule has 0 bridgehead atoms. The smallest absolute Gasteiger partial charge is 0.315 e. The molecule has 6 heteroatoms. The lowest BCUT2D eigenvalue weighted by atomic mass is 10.0. The van der Waals surface area contributed by atoms with E-state index >= 15 is 0 Å². The van der Waals surface area contributed by atoms with Crippen LogP contribution in [0.25, 0.3) is 0 Å². The Labute approximate surface area is 131 Å². The molecular formula is C16H24N2O4. The Morgan fingerprint density at radius 2 is 1.91 bits per heavy atom. The maximum Gasteiger partial charge on any atom is 0.315 e. The third-order valence-electron chi connectivity index (χ3n) is 3.85. The maximum atomic E-state index is 12.0. The zero-order valence-electron chi connectivity index (χ0n) is 13.4. The van der Waals surface area contributed by atoms with Gasteiger partial charge in [0, 0.05) is 20.3 Å². The van der Waals surface area contributed by atoms with Gasteiger partial charge in [0.2, 0.25) is 0 Å². The molecule has 0 spiro atoms. The first-order valence-corrected chi connectivity index (χ1v) is 7.42. The standard InChI is InChI=1S/C16H24N2O4/c1-20-10-4-9-17-15(19)18-16(7-8-16)12-5-6-13(21-2)14(11-12)22-3/h5-6,11H,4,7-10H2,1-3H3,(H2,17,18,19). The van der Waals surface area contributed by atoms with Gasteiger partial charge in [0.05, 0.1) is 19.8 Å². The number of ether oxygens (including phenoxy) is 3. The van der Waals surface area contributed by atoms with Gasteiger partial charge in [0.15, 0.2) is 11.5 Å². The van der Waals surface area contributed by atoms with Crippen LogP contribution in [0, 0.1) is 0 Å². The number of methoxy groups -OCH3 is 3. The molecule has 0 saturated heterocycles. The van der Waals surface area contributed by atoms with Gasteiger partial charge in [0.1, 0.15) is 0 Å². The predicted octanol–water partition coefficient (Wildman–Crippen LogP) is 2.03. The Kier molecular flexibility index (Phi) is 5.49. The Bertz CT molecular complexity index is 515. The van der Waals surface area contributed by atoms with Crippen molar-refractivity contribution in [3.05, 3.63) is 23.8 Å². The number of rotatable bonds is 8. The Hall–Kier alpha value is -1.95. The Morgan fingerprint density at radius 1 is 1.18 bits per heavy atom. The molecule has 1 aliphatic carbocycles. The van der Waals surface area contributed by atoms with E-state index in [4.69, 9.17) is 14.2 Å². The van der Waals surface area contributed by atoms with E-state index < -0.39 is 0 Å². The average Bonchev–Trinajstić information content (AvgIpc) is 3.31. The molecule has 0 heterocycles.